The van der Waals surface area contributed by atoms with Crippen molar-refractivity contribution in [1.82, 2.24) is 14.6 Å². The predicted molar refractivity (Wildman–Crippen MR) is 125 cm³/mol. The van der Waals surface area contributed by atoms with Crippen LogP contribution < -0.4 is 4.90 Å². The zero-order valence-corrected chi connectivity index (χ0v) is 19.2. The number of imidazole rings is 1. The van der Waals surface area contributed by atoms with Crippen LogP contribution in [0.1, 0.15) is 41.1 Å². The van der Waals surface area contributed by atoms with E-state index in [1.54, 1.807) is 24.3 Å². The molecule has 0 aliphatic carbocycles. The second-order valence-electron chi connectivity index (χ2n) is 8.98. The van der Waals surface area contributed by atoms with E-state index in [0.717, 1.165) is 43.0 Å². The average Bonchev–Trinajstić information content (AvgIpc) is 3.35. The van der Waals surface area contributed by atoms with Crippen LogP contribution in [0, 0.1) is 6.92 Å². The van der Waals surface area contributed by atoms with Gasteiger partial charge in [0.15, 0.2) is 6.10 Å². The number of piperidine rings is 1. The smallest absolute Gasteiger partial charge is 0.338 e. The molecule has 180 valence electrons. The largest absolute Gasteiger partial charge is 0.453 e. The van der Waals surface area contributed by atoms with E-state index >= 15 is 0 Å². The summed E-state index contributed by atoms with van der Waals surface area (Å²) in [4.78, 5) is 19.7. The van der Waals surface area contributed by atoms with Crippen molar-refractivity contribution in [2.24, 2.45) is 0 Å². The first-order valence-electron chi connectivity index (χ1n) is 11.9. The van der Waals surface area contributed by atoms with E-state index < -0.39 is 30.4 Å². The van der Waals surface area contributed by atoms with Gasteiger partial charge in [0, 0.05) is 19.5 Å². The Balaban J connectivity index is 1.41. The van der Waals surface area contributed by atoms with Crippen molar-refractivity contribution < 1.29 is 24.5 Å². The molecule has 1 aromatic carbocycles. The highest BCUT2D eigenvalue weighted by Crippen LogP contribution is 2.28. The minimum Gasteiger partial charge on any atom is -0.453 e. The molecule has 9 nitrogen and oxygen atoms in total. The van der Waals surface area contributed by atoms with Gasteiger partial charge in [-0.2, -0.15) is 0 Å². The minimum absolute atomic E-state index is 0.270. The van der Waals surface area contributed by atoms with E-state index in [1.165, 1.54) is 6.42 Å². The standard InChI is InChI=1S/C25H30N4O5/c1-16-18-10-11-21(28-12-6-3-7-13-28)27-29(18)22(26-16)14-19-24(23(31)20(15-30)33-19)34-25(32)17-8-4-2-5-9-17/h2,4-5,8-11,19-20,23-24,30-31H,3,6-7,12-15H2,1H3/t19-,20+,23+,24-/m0/s1. The summed E-state index contributed by atoms with van der Waals surface area (Å²) in [6.45, 7) is 3.51. The van der Waals surface area contributed by atoms with Crippen LogP contribution in [-0.2, 0) is 15.9 Å². The molecule has 4 atom stereocenters. The molecule has 0 radical (unpaired) electrons. The van der Waals surface area contributed by atoms with E-state index in [0.29, 0.717) is 11.4 Å². The Labute approximate surface area is 197 Å². The van der Waals surface area contributed by atoms with Crippen molar-refractivity contribution in [1.29, 1.82) is 0 Å². The van der Waals surface area contributed by atoms with Crippen LogP contribution in [0.15, 0.2) is 42.5 Å². The zero-order chi connectivity index (χ0) is 23.7. The summed E-state index contributed by atoms with van der Waals surface area (Å²) in [7, 11) is 0. The van der Waals surface area contributed by atoms with Crippen molar-refractivity contribution >= 4 is 17.3 Å². The first kappa shape index (κ1) is 22.8. The van der Waals surface area contributed by atoms with E-state index in [2.05, 4.69) is 4.90 Å². The van der Waals surface area contributed by atoms with Gasteiger partial charge in [-0.05, 0) is 50.5 Å². The van der Waals surface area contributed by atoms with Crippen LogP contribution in [0.3, 0.4) is 0 Å². The number of aliphatic hydroxyl groups excluding tert-OH is 2. The SMILES string of the molecule is Cc1nc(C[C@@H]2O[C@H](CO)[C@@H](O)[C@H]2OC(=O)c2ccccc2)n2nc(N3CCCCC3)ccc12. The molecule has 34 heavy (non-hydrogen) atoms. The van der Waals surface area contributed by atoms with Gasteiger partial charge in [0.25, 0.3) is 0 Å². The molecule has 0 amide bonds. The molecule has 9 heteroatoms. The van der Waals surface area contributed by atoms with E-state index in [9.17, 15) is 15.0 Å². The molecule has 2 fully saturated rings. The lowest BCUT2D eigenvalue weighted by Crippen LogP contribution is -2.38. The molecule has 2 N–H and O–H groups in total. The summed E-state index contributed by atoms with van der Waals surface area (Å²) in [6.07, 6.45) is 0.208. The van der Waals surface area contributed by atoms with Gasteiger partial charge in [-0.1, -0.05) is 18.2 Å². The van der Waals surface area contributed by atoms with Gasteiger partial charge >= 0.3 is 5.97 Å². The zero-order valence-electron chi connectivity index (χ0n) is 19.2. The normalized spacial score (nSPS) is 25.1. The highest BCUT2D eigenvalue weighted by molar-refractivity contribution is 5.89. The highest BCUT2D eigenvalue weighted by Gasteiger charge is 2.46. The molecule has 2 aliphatic heterocycles. The van der Waals surface area contributed by atoms with Crippen molar-refractivity contribution in [3.63, 3.8) is 0 Å². The Kier molecular flexibility index (Phi) is 6.49. The lowest BCUT2D eigenvalue weighted by molar-refractivity contribution is -0.0229. The van der Waals surface area contributed by atoms with Gasteiger partial charge in [0.2, 0.25) is 0 Å². The fourth-order valence-electron chi connectivity index (χ4n) is 4.83. The fraction of sp³-hybridized carbons (Fsp3) is 0.480. The van der Waals surface area contributed by atoms with Gasteiger partial charge < -0.3 is 24.6 Å². The molecular formula is C25H30N4O5. The molecule has 0 saturated carbocycles. The molecule has 0 bridgehead atoms. The quantitative estimate of drug-likeness (QED) is 0.531. The maximum absolute atomic E-state index is 12.7. The number of fused-ring (bicyclic) bond motifs is 1. The number of carbonyl (C=O) groups is 1. The van der Waals surface area contributed by atoms with Gasteiger partial charge in [0.05, 0.1) is 23.4 Å². The molecule has 3 aromatic rings. The Morgan fingerprint density at radius 2 is 1.88 bits per heavy atom. The van der Waals surface area contributed by atoms with Crippen molar-refractivity contribution in [3.05, 3.63) is 59.5 Å². The summed E-state index contributed by atoms with van der Waals surface area (Å²) < 4.78 is 13.4. The summed E-state index contributed by atoms with van der Waals surface area (Å²) in [5, 5.41) is 25.3. The minimum atomic E-state index is -1.15. The van der Waals surface area contributed by atoms with Crippen molar-refractivity contribution in [2.45, 2.75) is 57.0 Å². The Hall–Kier alpha value is -3.01. The number of anilines is 1. The van der Waals surface area contributed by atoms with Crippen molar-refractivity contribution in [3.8, 4) is 0 Å². The highest BCUT2D eigenvalue weighted by atomic mass is 16.6. The number of carbonyl (C=O) groups excluding carboxylic acids is 1. The number of aromatic nitrogens is 3. The Bertz CT molecular complexity index is 1140. The van der Waals surface area contributed by atoms with Crippen LogP contribution in [-0.4, -0.2) is 74.9 Å². The van der Waals surface area contributed by atoms with Crippen molar-refractivity contribution in [2.75, 3.05) is 24.6 Å². The van der Waals surface area contributed by atoms with Gasteiger partial charge in [0.1, 0.15) is 30.0 Å². The number of ether oxygens (including phenoxy) is 2. The number of aryl methyl sites for hydroxylation is 1. The Morgan fingerprint density at radius 3 is 2.62 bits per heavy atom. The first-order chi connectivity index (χ1) is 16.5. The lowest BCUT2D eigenvalue weighted by Gasteiger charge is -2.27. The summed E-state index contributed by atoms with van der Waals surface area (Å²) in [5.74, 6) is 1.01. The molecule has 5 rings (SSSR count). The third-order valence-corrected chi connectivity index (χ3v) is 6.66. The van der Waals surface area contributed by atoms with E-state index in [1.807, 2.05) is 29.6 Å². The predicted octanol–water partition coefficient (Wildman–Crippen LogP) is 1.92. The topological polar surface area (TPSA) is 109 Å². The van der Waals surface area contributed by atoms with Gasteiger partial charge in [-0.25, -0.2) is 14.3 Å². The second kappa shape index (κ2) is 9.69. The number of benzene rings is 1. The molecule has 0 unspecified atom stereocenters. The van der Waals surface area contributed by atoms with Crippen LogP contribution in [0.25, 0.3) is 5.52 Å². The van der Waals surface area contributed by atoms with Crippen LogP contribution in [0.2, 0.25) is 0 Å². The first-order valence-corrected chi connectivity index (χ1v) is 11.9. The molecule has 0 spiro atoms. The number of hydrogen-bond acceptors (Lipinski definition) is 8. The fourth-order valence-corrected chi connectivity index (χ4v) is 4.83. The number of hydrogen-bond donors (Lipinski definition) is 2. The lowest BCUT2D eigenvalue weighted by atomic mass is 10.0. The molecule has 2 aromatic heterocycles. The number of esters is 1. The third kappa shape index (κ3) is 4.38. The number of nitrogens with zero attached hydrogens (tertiary/aromatic N) is 4. The maximum atomic E-state index is 12.7. The Morgan fingerprint density at radius 1 is 1.12 bits per heavy atom. The maximum Gasteiger partial charge on any atom is 0.338 e. The average molecular weight is 467 g/mol. The molecular weight excluding hydrogens is 436 g/mol. The van der Waals surface area contributed by atoms with Crippen LogP contribution in [0.5, 0.6) is 0 Å². The third-order valence-electron chi connectivity index (χ3n) is 6.66. The second-order valence-corrected chi connectivity index (χ2v) is 8.98. The molecule has 2 aliphatic rings. The summed E-state index contributed by atoms with van der Waals surface area (Å²) >= 11 is 0. The van der Waals surface area contributed by atoms with E-state index in [-0.39, 0.29) is 13.0 Å². The van der Waals surface area contributed by atoms with Gasteiger partial charge in [-0.3, -0.25) is 0 Å². The summed E-state index contributed by atoms with van der Waals surface area (Å²) in [5.41, 5.74) is 2.12. The van der Waals surface area contributed by atoms with Crippen LogP contribution >= 0.6 is 0 Å². The number of rotatable bonds is 6. The van der Waals surface area contributed by atoms with E-state index in [4.69, 9.17) is 19.6 Å². The van der Waals surface area contributed by atoms with Crippen LogP contribution in [0.4, 0.5) is 5.82 Å². The number of aliphatic hydroxyl groups is 2. The monoisotopic (exact) mass is 466 g/mol. The summed E-state index contributed by atoms with van der Waals surface area (Å²) in [6, 6.07) is 12.7. The molecule has 2 saturated heterocycles. The molecule has 4 heterocycles. The van der Waals surface area contributed by atoms with Gasteiger partial charge in [-0.15, -0.1) is 5.10 Å².